The lowest BCUT2D eigenvalue weighted by Gasteiger charge is -2.21. The average Bonchev–Trinajstić information content (AvgIpc) is 2.82. The first-order chi connectivity index (χ1) is 8.19. The van der Waals surface area contributed by atoms with Gasteiger partial charge in [0.05, 0.1) is 6.61 Å². The number of hydrogen-bond acceptors (Lipinski definition) is 4. The third-order valence-corrected chi connectivity index (χ3v) is 3.34. The number of rotatable bonds is 7. The van der Waals surface area contributed by atoms with Crippen molar-refractivity contribution >= 4 is 17.3 Å². The fourth-order valence-electron chi connectivity index (χ4n) is 1.72. The molecule has 0 spiro atoms. The number of nitrogens with one attached hydrogen (secondary N) is 1. The molecule has 0 aliphatic carbocycles. The molecule has 0 saturated heterocycles. The highest BCUT2D eigenvalue weighted by Crippen LogP contribution is 2.17. The third kappa shape index (κ3) is 4.48. The number of hydrogen-bond donors (Lipinski definition) is 1. The second kappa shape index (κ2) is 7.45. The zero-order chi connectivity index (χ0) is 12.7. The standard InChI is InChI=1S/C13H21NO2S/c1-4-6-12(13(15)16-5-2)14-10(3)11-7-8-17-9-11/h7-10,12,14H,4-6H2,1-3H3. The van der Waals surface area contributed by atoms with E-state index in [0.717, 1.165) is 12.8 Å². The van der Waals surface area contributed by atoms with Crippen molar-refractivity contribution in [2.45, 2.75) is 45.7 Å². The second-order valence-corrected chi connectivity index (χ2v) is 4.82. The van der Waals surface area contributed by atoms with E-state index in [1.54, 1.807) is 11.3 Å². The van der Waals surface area contributed by atoms with Crippen molar-refractivity contribution in [3.63, 3.8) is 0 Å². The molecule has 0 bridgehead atoms. The van der Waals surface area contributed by atoms with Gasteiger partial charge in [-0.1, -0.05) is 13.3 Å². The van der Waals surface area contributed by atoms with Gasteiger partial charge in [0, 0.05) is 6.04 Å². The summed E-state index contributed by atoms with van der Waals surface area (Å²) in [4.78, 5) is 11.8. The van der Waals surface area contributed by atoms with Crippen LogP contribution in [0, 0.1) is 0 Å². The number of esters is 1. The van der Waals surface area contributed by atoms with Crippen LogP contribution in [-0.2, 0) is 9.53 Å². The highest BCUT2D eigenvalue weighted by atomic mass is 32.1. The largest absolute Gasteiger partial charge is 0.465 e. The third-order valence-electron chi connectivity index (χ3n) is 2.64. The van der Waals surface area contributed by atoms with E-state index in [9.17, 15) is 4.79 Å². The van der Waals surface area contributed by atoms with E-state index < -0.39 is 0 Å². The molecule has 0 aliphatic heterocycles. The van der Waals surface area contributed by atoms with Gasteiger partial charge < -0.3 is 4.74 Å². The van der Waals surface area contributed by atoms with Crippen LogP contribution in [0.3, 0.4) is 0 Å². The van der Waals surface area contributed by atoms with Crippen LogP contribution in [-0.4, -0.2) is 18.6 Å². The van der Waals surface area contributed by atoms with Crippen LogP contribution in [0.1, 0.15) is 45.2 Å². The molecule has 2 unspecified atom stereocenters. The fourth-order valence-corrected chi connectivity index (χ4v) is 2.47. The smallest absolute Gasteiger partial charge is 0.323 e. The van der Waals surface area contributed by atoms with E-state index in [-0.39, 0.29) is 18.1 Å². The van der Waals surface area contributed by atoms with Crippen molar-refractivity contribution < 1.29 is 9.53 Å². The molecule has 4 heteroatoms. The summed E-state index contributed by atoms with van der Waals surface area (Å²) in [5.41, 5.74) is 1.22. The highest BCUT2D eigenvalue weighted by molar-refractivity contribution is 7.07. The molecule has 3 nitrogen and oxygen atoms in total. The Bertz CT molecular complexity index is 324. The zero-order valence-electron chi connectivity index (χ0n) is 10.7. The van der Waals surface area contributed by atoms with Gasteiger partial charge in [-0.2, -0.15) is 11.3 Å². The number of ether oxygens (including phenoxy) is 1. The van der Waals surface area contributed by atoms with Gasteiger partial charge in [0.1, 0.15) is 6.04 Å². The Morgan fingerprint density at radius 3 is 2.82 bits per heavy atom. The van der Waals surface area contributed by atoms with E-state index in [1.807, 2.05) is 12.3 Å². The molecule has 0 aliphatic rings. The first-order valence-electron chi connectivity index (χ1n) is 6.13. The minimum absolute atomic E-state index is 0.142. The van der Waals surface area contributed by atoms with Gasteiger partial charge in [0.25, 0.3) is 0 Å². The van der Waals surface area contributed by atoms with Crippen molar-refractivity contribution in [3.05, 3.63) is 22.4 Å². The van der Waals surface area contributed by atoms with Crippen LogP contribution in [0.25, 0.3) is 0 Å². The average molecular weight is 255 g/mol. The molecule has 0 amide bonds. The molecule has 1 N–H and O–H groups in total. The van der Waals surface area contributed by atoms with Crippen LogP contribution in [0.15, 0.2) is 16.8 Å². The van der Waals surface area contributed by atoms with Gasteiger partial charge in [-0.3, -0.25) is 10.1 Å². The van der Waals surface area contributed by atoms with Crippen molar-refractivity contribution in [2.24, 2.45) is 0 Å². The lowest BCUT2D eigenvalue weighted by Crippen LogP contribution is -2.39. The van der Waals surface area contributed by atoms with E-state index in [2.05, 4.69) is 30.6 Å². The predicted molar refractivity (Wildman–Crippen MR) is 71.2 cm³/mol. The quantitative estimate of drug-likeness (QED) is 0.761. The molecule has 0 fully saturated rings. The van der Waals surface area contributed by atoms with Crippen molar-refractivity contribution in [1.29, 1.82) is 0 Å². The van der Waals surface area contributed by atoms with Gasteiger partial charge in [-0.05, 0) is 42.7 Å². The summed E-state index contributed by atoms with van der Waals surface area (Å²) in [5, 5.41) is 7.49. The Morgan fingerprint density at radius 1 is 1.53 bits per heavy atom. The number of carbonyl (C=O) groups excluding carboxylic acids is 1. The topological polar surface area (TPSA) is 38.3 Å². The van der Waals surface area contributed by atoms with Gasteiger partial charge in [-0.25, -0.2) is 0 Å². The molecule has 2 atom stereocenters. The van der Waals surface area contributed by atoms with Gasteiger partial charge in [-0.15, -0.1) is 0 Å². The fraction of sp³-hybridized carbons (Fsp3) is 0.615. The van der Waals surface area contributed by atoms with E-state index >= 15 is 0 Å². The zero-order valence-corrected chi connectivity index (χ0v) is 11.5. The lowest BCUT2D eigenvalue weighted by atomic mass is 10.1. The molecule has 0 radical (unpaired) electrons. The monoisotopic (exact) mass is 255 g/mol. The Balaban J connectivity index is 2.56. The van der Waals surface area contributed by atoms with E-state index in [4.69, 9.17) is 4.74 Å². The molecule has 0 aromatic carbocycles. The van der Waals surface area contributed by atoms with E-state index in [0.29, 0.717) is 6.61 Å². The summed E-state index contributed by atoms with van der Waals surface area (Å²) in [5.74, 6) is -0.142. The van der Waals surface area contributed by atoms with E-state index in [1.165, 1.54) is 5.56 Å². The van der Waals surface area contributed by atoms with Crippen molar-refractivity contribution in [3.8, 4) is 0 Å². The lowest BCUT2D eigenvalue weighted by molar-refractivity contribution is -0.146. The van der Waals surface area contributed by atoms with Crippen LogP contribution in [0.5, 0.6) is 0 Å². The summed E-state index contributed by atoms with van der Waals surface area (Å²) >= 11 is 1.67. The second-order valence-electron chi connectivity index (χ2n) is 4.04. The molecule has 1 aromatic rings. The molecule has 0 saturated carbocycles. The summed E-state index contributed by atoms with van der Waals surface area (Å²) in [6, 6.07) is 2.06. The molecule has 1 heterocycles. The number of thiophene rings is 1. The number of carbonyl (C=O) groups is 1. The minimum Gasteiger partial charge on any atom is -0.465 e. The normalized spacial score (nSPS) is 14.3. The molecule has 17 heavy (non-hydrogen) atoms. The SMILES string of the molecule is CCCC(NC(C)c1ccsc1)C(=O)OCC. The maximum atomic E-state index is 11.8. The first kappa shape index (κ1) is 14.2. The van der Waals surface area contributed by atoms with Gasteiger partial charge >= 0.3 is 5.97 Å². The van der Waals surface area contributed by atoms with Crippen LogP contribution < -0.4 is 5.32 Å². The summed E-state index contributed by atoms with van der Waals surface area (Å²) in [6.45, 7) is 6.42. The Kier molecular flexibility index (Phi) is 6.22. The van der Waals surface area contributed by atoms with Crippen molar-refractivity contribution in [2.75, 3.05) is 6.61 Å². The van der Waals surface area contributed by atoms with Gasteiger partial charge in [0.2, 0.25) is 0 Å². The maximum Gasteiger partial charge on any atom is 0.323 e. The Morgan fingerprint density at radius 2 is 2.29 bits per heavy atom. The predicted octanol–water partition coefficient (Wildman–Crippen LogP) is 3.13. The summed E-state index contributed by atoms with van der Waals surface area (Å²) in [7, 11) is 0. The summed E-state index contributed by atoms with van der Waals surface area (Å²) in [6.07, 6.45) is 1.78. The molecular formula is C13H21NO2S. The van der Waals surface area contributed by atoms with Gasteiger partial charge in [0.15, 0.2) is 0 Å². The first-order valence-corrected chi connectivity index (χ1v) is 7.08. The summed E-state index contributed by atoms with van der Waals surface area (Å²) < 4.78 is 5.08. The molecule has 96 valence electrons. The Hall–Kier alpha value is -0.870. The maximum absolute atomic E-state index is 11.8. The van der Waals surface area contributed by atoms with Crippen LogP contribution >= 0.6 is 11.3 Å². The molecule has 1 rings (SSSR count). The highest BCUT2D eigenvalue weighted by Gasteiger charge is 2.21. The Labute approximate surface area is 107 Å². The molecular weight excluding hydrogens is 234 g/mol. The molecule has 1 aromatic heterocycles. The minimum atomic E-state index is -0.199. The van der Waals surface area contributed by atoms with Crippen LogP contribution in [0.4, 0.5) is 0 Å². The van der Waals surface area contributed by atoms with Crippen LogP contribution in [0.2, 0.25) is 0 Å². The van der Waals surface area contributed by atoms with Crippen molar-refractivity contribution in [1.82, 2.24) is 5.32 Å².